The van der Waals surface area contributed by atoms with Crippen molar-refractivity contribution in [3.05, 3.63) is 28.8 Å². The maximum Gasteiger partial charge on any atom is 0.208 e. The Bertz CT molecular complexity index is 664. The van der Waals surface area contributed by atoms with Crippen molar-refractivity contribution in [2.75, 3.05) is 5.75 Å². The van der Waals surface area contributed by atoms with E-state index in [1.807, 2.05) is 31.5 Å². The summed E-state index contributed by atoms with van der Waals surface area (Å²) < 4.78 is 2.03. The summed E-state index contributed by atoms with van der Waals surface area (Å²) in [6.07, 6.45) is 0. The molecule has 6 heteroatoms. The molecule has 0 spiro atoms. The Morgan fingerprint density at radius 3 is 2.52 bits per heavy atom. The molecule has 0 atom stereocenters. The lowest BCUT2D eigenvalue weighted by atomic mass is 9.96. The van der Waals surface area contributed by atoms with Gasteiger partial charge in [0.05, 0.1) is 5.75 Å². The molecular formula is C15H22N4OS. The fourth-order valence-corrected chi connectivity index (χ4v) is 2.67. The van der Waals surface area contributed by atoms with E-state index in [4.69, 9.17) is 0 Å². The summed E-state index contributed by atoms with van der Waals surface area (Å²) in [5.74, 6) is 1.30. The van der Waals surface area contributed by atoms with Crippen LogP contribution in [-0.2, 0) is 12.5 Å². The minimum absolute atomic E-state index is 0.0665. The first-order chi connectivity index (χ1) is 9.70. The van der Waals surface area contributed by atoms with E-state index in [9.17, 15) is 4.79 Å². The number of carbonyl (C=O) groups excluding carboxylic acids is 1. The zero-order valence-corrected chi connectivity index (χ0v) is 14.3. The van der Waals surface area contributed by atoms with Crippen LogP contribution in [0, 0.1) is 13.8 Å². The zero-order valence-electron chi connectivity index (χ0n) is 13.4. The van der Waals surface area contributed by atoms with Gasteiger partial charge in [-0.1, -0.05) is 32.5 Å². The van der Waals surface area contributed by atoms with Crippen molar-refractivity contribution in [2.45, 2.75) is 45.2 Å². The molecule has 2 rings (SSSR count). The molecule has 0 aliphatic rings. The van der Waals surface area contributed by atoms with Crippen LogP contribution in [0.2, 0.25) is 0 Å². The largest absolute Gasteiger partial charge is 0.351 e. The molecule has 0 aliphatic carbocycles. The van der Waals surface area contributed by atoms with Gasteiger partial charge in [0, 0.05) is 29.4 Å². The monoisotopic (exact) mass is 306 g/mol. The molecule has 0 radical (unpaired) electrons. The van der Waals surface area contributed by atoms with Crippen LogP contribution in [0.15, 0.2) is 11.2 Å². The van der Waals surface area contributed by atoms with Crippen LogP contribution in [0.1, 0.15) is 48.3 Å². The molecule has 0 saturated carbocycles. The Labute approximate surface area is 129 Å². The third-order valence-electron chi connectivity index (χ3n) is 3.58. The average Bonchev–Trinajstić information content (AvgIpc) is 2.97. The zero-order chi connectivity index (χ0) is 15.8. The highest BCUT2D eigenvalue weighted by atomic mass is 32.2. The van der Waals surface area contributed by atoms with E-state index in [1.165, 1.54) is 11.8 Å². The topological polar surface area (TPSA) is 63.6 Å². The molecule has 2 aromatic rings. The first-order valence-corrected chi connectivity index (χ1v) is 7.90. The highest BCUT2D eigenvalue weighted by Gasteiger charge is 2.20. The first-order valence-electron chi connectivity index (χ1n) is 6.92. The fraction of sp³-hybridized carbons (Fsp3) is 0.533. The number of thioether (sulfide) groups is 1. The van der Waals surface area contributed by atoms with Gasteiger partial charge in [-0.25, -0.2) is 4.98 Å². The van der Waals surface area contributed by atoms with Gasteiger partial charge in [0.25, 0.3) is 0 Å². The Hall–Kier alpha value is -1.56. The predicted molar refractivity (Wildman–Crippen MR) is 85.0 cm³/mol. The number of nitrogens with zero attached hydrogens (tertiary/aromatic N) is 3. The SMILES string of the molecule is Cc1cc(C(=O)CSc2n[nH]c(C(C)(C)C)n2)c(C)n1C. The number of aryl methyl sites for hydroxylation is 1. The van der Waals surface area contributed by atoms with Crippen LogP contribution >= 0.6 is 11.8 Å². The van der Waals surface area contributed by atoms with Gasteiger partial charge in [0.2, 0.25) is 5.16 Å². The molecular weight excluding hydrogens is 284 g/mol. The Morgan fingerprint density at radius 2 is 2.05 bits per heavy atom. The molecule has 0 unspecified atom stereocenters. The minimum atomic E-state index is -0.0665. The van der Waals surface area contributed by atoms with Crippen molar-refractivity contribution in [3.63, 3.8) is 0 Å². The van der Waals surface area contributed by atoms with Gasteiger partial charge in [-0.2, -0.15) is 0 Å². The summed E-state index contributed by atoms with van der Waals surface area (Å²) in [7, 11) is 1.97. The number of ketones is 1. The van der Waals surface area contributed by atoms with Gasteiger partial charge >= 0.3 is 0 Å². The van der Waals surface area contributed by atoms with Crippen molar-refractivity contribution < 1.29 is 4.79 Å². The van der Waals surface area contributed by atoms with Crippen LogP contribution < -0.4 is 0 Å². The lowest BCUT2D eigenvalue weighted by molar-refractivity contribution is 0.102. The first kappa shape index (κ1) is 15.8. The molecule has 0 aromatic carbocycles. The van der Waals surface area contributed by atoms with E-state index < -0.39 is 0 Å². The third-order valence-corrected chi connectivity index (χ3v) is 4.43. The summed E-state index contributed by atoms with van der Waals surface area (Å²) in [5.41, 5.74) is 2.81. The Morgan fingerprint density at radius 1 is 1.38 bits per heavy atom. The predicted octanol–water partition coefficient (Wildman–Crippen LogP) is 3.03. The van der Waals surface area contributed by atoms with E-state index in [-0.39, 0.29) is 11.2 Å². The van der Waals surface area contributed by atoms with Crippen molar-refractivity contribution >= 4 is 17.5 Å². The molecule has 2 heterocycles. The van der Waals surface area contributed by atoms with Gasteiger partial charge in [-0.15, -0.1) is 5.10 Å². The summed E-state index contributed by atoms with van der Waals surface area (Å²) >= 11 is 1.37. The van der Waals surface area contributed by atoms with Gasteiger partial charge in [0.1, 0.15) is 5.82 Å². The molecule has 0 bridgehead atoms. The number of rotatable bonds is 4. The number of hydrogen-bond acceptors (Lipinski definition) is 4. The average molecular weight is 306 g/mol. The summed E-state index contributed by atoms with van der Waals surface area (Å²) in [6, 6.07) is 1.94. The van der Waals surface area contributed by atoms with Gasteiger partial charge in [-0.05, 0) is 19.9 Å². The number of aromatic nitrogens is 4. The highest BCUT2D eigenvalue weighted by molar-refractivity contribution is 7.99. The van der Waals surface area contributed by atoms with Crippen molar-refractivity contribution in [1.82, 2.24) is 19.7 Å². The van der Waals surface area contributed by atoms with Crippen LogP contribution in [0.4, 0.5) is 0 Å². The number of H-pyrrole nitrogens is 1. The standard InChI is InChI=1S/C15H22N4OS/c1-9-7-11(10(2)19(9)6)12(20)8-21-14-16-13(17-18-14)15(3,4)5/h7H,8H2,1-6H3,(H,16,17,18). The molecule has 5 nitrogen and oxygen atoms in total. The number of aromatic amines is 1. The molecule has 0 saturated heterocycles. The molecule has 2 aromatic heterocycles. The maximum atomic E-state index is 12.3. The highest BCUT2D eigenvalue weighted by Crippen LogP contribution is 2.22. The van der Waals surface area contributed by atoms with E-state index in [0.717, 1.165) is 22.8 Å². The number of hydrogen-bond donors (Lipinski definition) is 1. The smallest absolute Gasteiger partial charge is 0.208 e. The van der Waals surface area contributed by atoms with Crippen molar-refractivity contribution in [2.24, 2.45) is 7.05 Å². The second-order valence-electron chi connectivity index (χ2n) is 6.27. The van der Waals surface area contributed by atoms with Gasteiger partial charge in [-0.3, -0.25) is 9.89 Å². The second-order valence-corrected chi connectivity index (χ2v) is 7.21. The molecule has 0 aliphatic heterocycles. The van der Waals surface area contributed by atoms with Gasteiger partial charge < -0.3 is 4.57 Å². The summed E-state index contributed by atoms with van der Waals surface area (Å²) in [6.45, 7) is 10.2. The number of nitrogens with one attached hydrogen (secondary N) is 1. The molecule has 1 N–H and O–H groups in total. The van der Waals surface area contributed by atoms with E-state index >= 15 is 0 Å². The van der Waals surface area contributed by atoms with Crippen LogP contribution in [0.5, 0.6) is 0 Å². The van der Waals surface area contributed by atoms with Crippen molar-refractivity contribution in [3.8, 4) is 0 Å². The lowest BCUT2D eigenvalue weighted by Gasteiger charge is -2.12. The van der Waals surface area contributed by atoms with E-state index in [0.29, 0.717) is 10.9 Å². The molecule has 0 fully saturated rings. The number of carbonyl (C=O) groups is 1. The maximum absolute atomic E-state index is 12.3. The third kappa shape index (κ3) is 3.37. The van der Waals surface area contributed by atoms with Crippen LogP contribution in [-0.4, -0.2) is 31.3 Å². The quantitative estimate of drug-likeness (QED) is 0.696. The molecule has 114 valence electrons. The van der Waals surface area contributed by atoms with Crippen LogP contribution in [0.3, 0.4) is 0 Å². The normalized spacial score (nSPS) is 11.9. The summed E-state index contributed by atoms with van der Waals surface area (Å²) in [4.78, 5) is 16.7. The van der Waals surface area contributed by atoms with E-state index in [1.54, 1.807) is 0 Å². The van der Waals surface area contributed by atoms with Crippen LogP contribution in [0.25, 0.3) is 0 Å². The Kier molecular flexibility index (Phi) is 4.27. The fourth-order valence-electron chi connectivity index (χ4n) is 1.99. The van der Waals surface area contributed by atoms with Gasteiger partial charge in [0.15, 0.2) is 5.78 Å². The summed E-state index contributed by atoms with van der Waals surface area (Å²) in [5, 5.41) is 7.72. The Balaban J connectivity index is 2.04. The molecule has 0 amide bonds. The lowest BCUT2D eigenvalue weighted by Crippen LogP contribution is -2.13. The van der Waals surface area contributed by atoms with Crippen molar-refractivity contribution in [1.29, 1.82) is 0 Å². The second kappa shape index (κ2) is 5.67. The minimum Gasteiger partial charge on any atom is -0.351 e. The number of Topliss-reactive ketones (excluding diaryl/α,β-unsaturated/α-hetero) is 1. The molecule has 21 heavy (non-hydrogen) atoms. The van der Waals surface area contributed by atoms with E-state index in [2.05, 4.69) is 36.0 Å².